The fourth-order valence-corrected chi connectivity index (χ4v) is 1.14. The van der Waals surface area contributed by atoms with Crippen LogP contribution in [0.4, 0.5) is 5.95 Å². The maximum atomic E-state index is 11.6. The molecule has 2 rings (SSSR count). The summed E-state index contributed by atoms with van der Waals surface area (Å²) in [5, 5.41) is 0. The van der Waals surface area contributed by atoms with E-state index in [4.69, 9.17) is 10.6 Å². The lowest BCUT2D eigenvalue weighted by Crippen LogP contribution is -2.30. The van der Waals surface area contributed by atoms with Crippen molar-refractivity contribution in [1.82, 2.24) is 19.7 Å². The molecule has 0 unspecified atom stereocenters. The fraction of sp³-hybridized carbons (Fsp3) is 0.286. The zero-order valence-electron chi connectivity index (χ0n) is 7.52. The van der Waals surface area contributed by atoms with Crippen molar-refractivity contribution in [3.63, 3.8) is 0 Å². The van der Waals surface area contributed by atoms with Gasteiger partial charge in [0, 0.05) is 0 Å². The van der Waals surface area contributed by atoms with Gasteiger partial charge in [-0.1, -0.05) is 0 Å². The highest BCUT2D eigenvalue weighted by Crippen LogP contribution is 2.02. The average molecular weight is 195 g/mol. The highest BCUT2D eigenvalue weighted by atomic mass is 16.7. The quantitative estimate of drug-likeness (QED) is 0.650. The SMILES string of the molecule is CCOn1c(N)nc2nc[nH]c2c1=O. The predicted octanol–water partition coefficient (Wildman–Crippen LogP) is -0.850. The second-order valence-corrected chi connectivity index (χ2v) is 2.59. The van der Waals surface area contributed by atoms with Gasteiger partial charge in [0.05, 0.1) is 6.33 Å². The Hall–Kier alpha value is -2.05. The van der Waals surface area contributed by atoms with Crippen LogP contribution in [-0.2, 0) is 0 Å². The summed E-state index contributed by atoms with van der Waals surface area (Å²) < 4.78 is 0.945. The molecular formula is C7H9N5O2. The van der Waals surface area contributed by atoms with Crippen molar-refractivity contribution in [2.24, 2.45) is 0 Å². The van der Waals surface area contributed by atoms with Crippen LogP contribution in [0, 0.1) is 0 Å². The van der Waals surface area contributed by atoms with Gasteiger partial charge in [0.15, 0.2) is 11.2 Å². The van der Waals surface area contributed by atoms with Crippen molar-refractivity contribution < 1.29 is 4.84 Å². The number of aromatic amines is 1. The summed E-state index contributed by atoms with van der Waals surface area (Å²) in [5.74, 6) is -0.00329. The number of anilines is 1. The zero-order chi connectivity index (χ0) is 10.1. The van der Waals surface area contributed by atoms with Crippen LogP contribution in [0.25, 0.3) is 11.2 Å². The topological polar surface area (TPSA) is 98.8 Å². The van der Waals surface area contributed by atoms with Crippen LogP contribution in [0.15, 0.2) is 11.1 Å². The number of hydrogen-bond acceptors (Lipinski definition) is 5. The lowest BCUT2D eigenvalue weighted by Gasteiger charge is -2.06. The molecule has 0 bridgehead atoms. The molecule has 0 aliphatic carbocycles. The maximum Gasteiger partial charge on any atom is 0.314 e. The van der Waals surface area contributed by atoms with Crippen LogP contribution in [0.2, 0.25) is 0 Å². The van der Waals surface area contributed by atoms with Gasteiger partial charge >= 0.3 is 5.56 Å². The number of nitrogens with zero attached hydrogens (tertiary/aromatic N) is 3. The molecule has 14 heavy (non-hydrogen) atoms. The molecule has 2 aromatic rings. The minimum absolute atomic E-state index is 0.00329. The highest BCUT2D eigenvalue weighted by molar-refractivity contribution is 5.69. The lowest BCUT2D eigenvalue weighted by atomic mass is 10.5. The van der Waals surface area contributed by atoms with E-state index in [-0.39, 0.29) is 17.0 Å². The number of aromatic nitrogens is 4. The van der Waals surface area contributed by atoms with E-state index < -0.39 is 0 Å². The molecule has 3 N–H and O–H groups in total. The minimum atomic E-state index is -0.383. The van der Waals surface area contributed by atoms with E-state index in [0.717, 1.165) is 4.73 Å². The first-order valence-electron chi connectivity index (χ1n) is 4.09. The van der Waals surface area contributed by atoms with Gasteiger partial charge in [0.1, 0.15) is 6.61 Å². The van der Waals surface area contributed by atoms with E-state index in [1.54, 1.807) is 6.92 Å². The van der Waals surface area contributed by atoms with Gasteiger partial charge in [-0.15, -0.1) is 4.73 Å². The third-order valence-corrected chi connectivity index (χ3v) is 1.70. The predicted molar refractivity (Wildman–Crippen MR) is 49.7 cm³/mol. The summed E-state index contributed by atoms with van der Waals surface area (Å²) in [5.41, 5.74) is 5.70. The molecule has 7 heteroatoms. The van der Waals surface area contributed by atoms with Crippen molar-refractivity contribution in [2.45, 2.75) is 6.92 Å². The third-order valence-electron chi connectivity index (χ3n) is 1.70. The van der Waals surface area contributed by atoms with E-state index in [1.165, 1.54) is 6.33 Å². The summed E-state index contributed by atoms with van der Waals surface area (Å²) in [7, 11) is 0. The lowest BCUT2D eigenvalue weighted by molar-refractivity contribution is 0.117. The van der Waals surface area contributed by atoms with Crippen LogP contribution < -0.4 is 16.1 Å². The molecule has 0 aliphatic rings. The van der Waals surface area contributed by atoms with Gasteiger partial charge < -0.3 is 15.6 Å². The molecule has 0 radical (unpaired) electrons. The Morgan fingerprint density at radius 3 is 3.21 bits per heavy atom. The Morgan fingerprint density at radius 1 is 1.71 bits per heavy atom. The van der Waals surface area contributed by atoms with Gasteiger partial charge in [0.25, 0.3) is 0 Å². The van der Waals surface area contributed by atoms with Crippen LogP contribution in [-0.4, -0.2) is 26.3 Å². The first-order chi connectivity index (χ1) is 6.74. The monoisotopic (exact) mass is 195 g/mol. The normalized spacial score (nSPS) is 10.6. The number of rotatable bonds is 2. The first kappa shape index (κ1) is 8.54. The maximum absolute atomic E-state index is 11.6. The largest absolute Gasteiger partial charge is 0.408 e. The Balaban J connectivity index is 2.76. The molecule has 2 aromatic heterocycles. The molecule has 0 atom stereocenters. The molecular weight excluding hydrogens is 186 g/mol. The Kier molecular flexibility index (Phi) is 1.84. The Morgan fingerprint density at radius 2 is 2.50 bits per heavy atom. The van der Waals surface area contributed by atoms with Gasteiger partial charge in [-0.25, -0.2) is 4.98 Å². The van der Waals surface area contributed by atoms with Crippen LogP contribution in [0.5, 0.6) is 0 Å². The van der Waals surface area contributed by atoms with Crippen molar-refractivity contribution >= 4 is 17.1 Å². The zero-order valence-corrected chi connectivity index (χ0v) is 7.52. The molecule has 0 aliphatic heterocycles. The fourth-order valence-electron chi connectivity index (χ4n) is 1.14. The van der Waals surface area contributed by atoms with Crippen LogP contribution >= 0.6 is 0 Å². The summed E-state index contributed by atoms with van der Waals surface area (Å²) in [4.78, 5) is 27.0. The second-order valence-electron chi connectivity index (χ2n) is 2.59. The van der Waals surface area contributed by atoms with Crippen molar-refractivity contribution in [1.29, 1.82) is 0 Å². The average Bonchev–Trinajstić information content (AvgIpc) is 2.60. The molecule has 0 aromatic carbocycles. The molecule has 0 saturated heterocycles. The molecule has 74 valence electrons. The summed E-state index contributed by atoms with van der Waals surface area (Å²) in [6.45, 7) is 2.09. The molecule has 0 spiro atoms. The van der Waals surface area contributed by atoms with Crippen molar-refractivity contribution in [3.8, 4) is 0 Å². The summed E-state index contributed by atoms with van der Waals surface area (Å²) in [6, 6.07) is 0. The minimum Gasteiger partial charge on any atom is -0.408 e. The van der Waals surface area contributed by atoms with E-state index in [9.17, 15) is 4.79 Å². The number of fused-ring (bicyclic) bond motifs is 1. The highest BCUT2D eigenvalue weighted by Gasteiger charge is 2.10. The molecule has 0 amide bonds. The van der Waals surface area contributed by atoms with E-state index in [1.807, 2.05) is 0 Å². The number of H-pyrrole nitrogens is 1. The van der Waals surface area contributed by atoms with Crippen molar-refractivity contribution in [2.75, 3.05) is 12.3 Å². The van der Waals surface area contributed by atoms with Crippen LogP contribution in [0.1, 0.15) is 6.92 Å². The molecule has 0 fully saturated rings. The Labute approximate surface area is 78.5 Å². The van der Waals surface area contributed by atoms with Gasteiger partial charge in [-0.2, -0.15) is 4.98 Å². The molecule has 0 saturated carbocycles. The van der Waals surface area contributed by atoms with E-state index in [2.05, 4.69) is 15.0 Å². The standard InChI is InChI=1S/C7H9N5O2/c1-2-14-12-6(13)4-5(10-3-9-4)11-7(12)8/h3H,2H2,1H3,(H2,8,11)(H,9,10). The molecule has 7 nitrogen and oxygen atoms in total. The van der Waals surface area contributed by atoms with Gasteiger partial charge in [0.2, 0.25) is 5.95 Å². The number of nitrogen functional groups attached to an aromatic ring is 1. The third kappa shape index (κ3) is 1.10. The number of imidazole rings is 1. The molecule has 2 heterocycles. The van der Waals surface area contributed by atoms with Gasteiger partial charge in [-0.3, -0.25) is 4.79 Å². The van der Waals surface area contributed by atoms with Crippen molar-refractivity contribution in [3.05, 3.63) is 16.7 Å². The second kappa shape index (κ2) is 3.02. The number of nitrogens with one attached hydrogen (secondary N) is 1. The Bertz CT molecular complexity index is 514. The summed E-state index contributed by atoms with van der Waals surface area (Å²) in [6.07, 6.45) is 1.38. The smallest absolute Gasteiger partial charge is 0.314 e. The van der Waals surface area contributed by atoms with E-state index >= 15 is 0 Å². The number of hydrogen-bond donors (Lipinski definition) is 2. The number of nitrogens with two attached hydrogens (primary N) is 1. The first-order valence-corrected chi connectivity index (χ1v) is 4.09. The summed E-state index contributed by atoms with van der Waals surface area (Å²) >= 11 is 0. The van der Waals surface area contributed by atoms with Crippen LogP contribution in [0.3, 0.4) is 0 Å². The van der Waals surface area contributed by atoms with Gasteiger partial charge in [-0.05, 0) is 6.92 Å². The van der Waals surface area contributed by atoms with E-state index in [0.29, 0.717) is 12.3 Å².